The summed E-state index contributed by atoms with van der Waals surface area (Å²) in [5.41, 5.74) is 1.57. The van der Waals surface area contributed by atoms with Gasteiger partial charge in [0, 0.05) is 37.2 Å². The molecule has 0 radical (unpaired) electrons. The second-order valence-electron chi connectivity index (χ2n) is 9.25. The van der Waals surface area contributed by atoms with Crippen molar-refractivity contribution in [1.29, 1.82) is 0 Å². The van der Waals surface area contributed by atoms with E-state index in [9.17, 15) is 9.90 Å². The number of phenols is 1. The van der Waals surface area contributed by atoms with Crippen molar-refractivity contribution in [1.82, 2.24) is 15.5 Å². The Labute approximate surface area is 188 Å². The fourth-order valence-electron chi connectivity index (χ4n) is 4.75. The fourth-order valence-corrected chi connectivity index (χ4v) is 4.75. The molecule has 0 saturated heterocycles. The summed E-state index contributed by atoms with van der Waals surface area (Å²) >= 11 is 0. The molecule has 1 saturated carbocycles. The van der Waals surface area contributed by atoms with Gasteiger partial charge in [0.25, 0.3) is 5.91 Å². The lowest BCUT2D eigenvalue weighted by Gasteiger charge is -2.34. The lowest BCUT2D eigenvalue weighted by molar-refractivity contribution is 0.0938. The highest BCUT2D eigenvalue weighted by atomic mass is 16.3. The van der Waals surface area contributed by atoms with Crippen LogP contribution in [0.15, 0.2) is 34.7 Å². The normalized spacial score (nSPS) is 21.7. The molecule has 7 nitrogen and oxygen atoms in total. The van der Waals surface area contributed by atoms with Crippen molar-refractivity contribution in [2.24, 2.45) is 11.8 Å². The number of nitrogens with zero attached hydrogens (tertiary/aromatic N) is 3. The summed E-state index contributed by atoms with van der Waals surface area (Å²) in [4.78, 5) is 14.1. The minimum absolute atomic E-state index is 0.0355. The number of nitrogens with one attached hydrogen (secondary N) is 1. The van der Waals surface area contributed by atoms with Crippen LogP contribution in [0.5, 0.6) is 5.75 Å². The van der Waals surface area contributed by atoms with Crippen molar-refractivity contribution in [2.75, 3.05) is 19.0 Å². The third-order valence-electron chi connectivity index (χ3n) is 6.66. The van der Waals surface area contributed by atoms with Gasteiger partial charge < -0.3 is 19.7 Å². The molecule has 1 aromatic carbocycles. The van der Waals surface area contributed by atoms with E-state index in [0.29, 0.717) is 34.7 Å². The molecule has 32 heavy (non-hydrogen) atoms. The number of aromatic nitrogens is 2. The number of carbonyl (C=O) groups is 1. The van der Waals surface area contributed by atoms with Crippen molar-refractivity contribution in [3.05, 3.63) is 36.1 Å². The van der Waals surface area contributed by atoms with E-state index in [1.807, 2.05) is 12.1 Å². The van der Waals surface area contributed by atoms with Crippen molar-refractivity contribution < 1.29 is 14.3 Å². The number of furan rings is 1. The number of carbonyl (C=O) groups excluding carboxylic acids is 1. The van der Waals surface area contributed by atoms with Gasteiger partial charge in [0.15, 0.2) is 11.6 Å². The SMILES string of the molecule is CNC(=O)c1cc2cc(-c3ccc(N(C)[C@@H]4C[C@H](C)CCC[C@H](C)C4)nn3)c(O)cc2o1. The largest absolute Gasteiger partial charge is 0.507 e. The zero-order valence-electron chi connectivity index (χ0n) is 19.3. The molecule has 2 heterocycles. The van der Waals surface area contributed by atoms with E-state index in [1.54, 1.807) is 19.2 Å². The van der Waals surface area contributed by atoms with Crippen LogP contribution >= 0.6 is 0 Å². The molecule has 1 fully saturated rings. The number of anilines is 1. The topological polar surface area (TPSA) is 91.5 Å². The fraction of sp³-hybridized carbons (Fsp3) is 0.480. The smallest absolute Gasteiger partial charge is 0.286 e. The average molecular weight is 437 g/mol. The van der Waals surface area contributed by atoms with E-state index in [2.05, 4.69) is 41.3 Å². The Bertz CT molecular complexity index is 1080. The molecule has 2 aromatic heterocycles. The molecule has 2 N–H and O–H groups in total. The van der Waals surface area contributed by atoms with Gasteiger partial charge in [-0.15, -0.1) is 10.2 Å². The monoisotopic (exact) mass is 436 g/mol. The van der Waals surface area contributed by atoms with Crippen LogP contribution in [0, 0.1) is 11.8 Å². The van der Waals surface area contributed by atoms with Crippen LogP contribution in [0.3, 0.4) is 0 Å². The van der Waals surface area contributed by atoms with Crippen LogP contribution in [0.25, 0.3) is 22.2 Å². The maximum Gasteiger partial charge on any atom is 0.286 e. The van der Waals surface area contributed by atoms with Crippen LogP contribution in [-0.4, -0.2) is 41.3 Å². The first kappa shape index (κ1) is 22.1. The maximum atomic E-state index is 11.8. The molecular weight excluding hydrogens is 404 g/mol. The highest BCUT2D eigenvalue weighted by Crippen LogP contribution is 2.35. The number of rotatable bonds is 4. The van der Waals surface area contributed by atoms with Gasteiger partial charge >= 0.3 is 0 Å². The summed E-state index contributed by atoms with van der Waals surface area (Å²) in [6, 6.07) is 9.23. The van der Waals surface area contributed by atoms with Gasteiger partial charge in [0.05, 0.1) is 5.69 Å². The zero-order chi connectivity index (χ0) is 22.8. The summed E-state index contributed by atoms with van der Waals surface area (Å²) in [5, 5.41) is 22.7. The molecule has 0 spiro atoms. The lowest BCUT2D eigenvalue weighted by Crippen LogP contribution is -2.36. The minimum Gasteiger partial charge on any atom is -0.507 e. The average Bonchev–Trinajstić information content (AvgIpc) is 3.18. The zero-order valence-corrected chi connectivity index (χ0v) is 19.3. The predicted octanol–water partition coefficient (Wildman–Crippen LogP) is 5.00. The van der Waals surface area contributed by atoms with E-state index >= 15 is 0 Å². The maximum absolute atomic E-state index is 11.8. The Kier molecular flexibility index (Phi) is 6.35. The van der Waals surface area contributed by atoms with Gasteiger partial charge in [0.1, 0.15) is 11.3 Å². The van der Waals surface area contributed by atoms with Crippen molar-refractivity contribution in [3.8, 4) is 17.0 Å². The number of hydrogen-bond acceptors (Lipinski definition) is 6. The van der Waals surface area contributed by atoms with Crippen LogP contribution in [0.4, 0.5) is 5.82 Å². The predicted molar refractivity (Wildman–Crippen MR) is 126 cm³/mol. The van der Waals surface area contributed by atoms with Gasteiger partial charge in [-0.2, -0.15) is 0 Å². The lowest BCUT2D eigenvalue weighted by atomic mass is 9.84. The first-order valence-electron chi connectivity index (χ1n) is 11.4. The van der Waals surface area contributed by atoms with E-state index in [4.69, 9.17) is 4.42 Å². The van der Waals surface area contributed by atoms with E-state index in [0.717, 1.165) is 24.0 Å². The molecule has 3 aromatic rings. The molecule has 0 aliphatic heterocycles. The quantitative estimate of drug-likeness (QED) is 0.598. The van der Waals surface area contributed by atoms with Crippen molar-refractivity contribution in [3.63, 3.8) is 0 Å². The molecule has 7 heteroatoms. The van der Waals surface area contributed by atoms with Gasteiger partial charge in [-0.25, -0.2) is 0 Å². The third kappa shape index (κ3) is 4.56. The number of hydrogen-bond donors (Lipinski definition) is 2. The summed E-state index contributed by atoms with van der Waals surface area (Å²) in [5.74, 6) is 2.18. The number of benzene rings is 1. The van der Waals surface area contributed by atoms with Gasteiger partial charge in [0.2, 0.25) is 0 Å². The van der Waals surface area contributed by atoms with Crippen LogP contribution in [-0.2, 0) is 0 Å². The first-order valence-corrected chi connectivity index (χ1v) is 11.4. The summed E-state index contributed by atoms with van der Waals surface area (Å²) in [7, 11) is 3.65. The molecule has 1 aliphatic rings. The Morgan fingerprint density at radius 1 is 1.12 bits per heavy atom. The molecule has 1 aliphatic carbocycles. The number of phenolic OH excluding ortho intramolecular Hbond substituents is 1. The molecule has 0 unspecified atom stereocenters. The molecule has 4 rings (SSSR count). The van der Waals surface area contributed by atoms with E-state index in [-0.39, 0.29) is 17.4 Å². The second-order valence-corrected chi connectivity index (χ2v) is 9.25. The second kappa shape index (κ2) is 9.18. The number of amides is 1. The summed E-state index contributed by atoms with van der Waals surface area (Å²) in [6.45, 7) is 4.69. The van der Waals surface area contributed by atoms with Crippen molar-refractivity contribution >= 4 is 22.7 Å². The Hall–Kier alpha value is -3.09. The Balaban J connectivity index is 1.58. The molecule has 170 valence electrons. The minimum atomic E-state index is -0.313. The van der Waals surface area contributed by atoms with Gasteiger partial charge in [-0.3, -0.25) is 4.79 Å². The van der Waals surface area contributed by atoms with Crippen molar-refractivity contribution in [2.45, 2.75) is 52.0 Å². The summed E-state index contributed by atoms with van der Waals surface area (Å²) < 4.78 is 5.53. The first-order chi connectivity index (χ1) is 15.4. The standard InChI is InChI=1S/C25H32N4O3/c1-15-6-5-7-16(2)11-18(10-15)29(4)24-9-8-20(27-28-24)19-12-17-13-23(25(31)26-3)32-22(17)14-21(19)30/h8-9,12-16,18,30H,5-7,10-11H2,1-4H3,(H,26,31)/t15-,16+,18-. The molecular formula is C25H32N4O3. The van der Waals surface area contributed by atoms with Gasteiger partial charge in [-0.1, -0.05) is 33.1 Å². The Morgan fingerprint density at radius 3 is 2.47 bits per heavy atom. The van der Waals surface area contributed by atoms with Crippen LogP contribution in [0.1, 0.15) is 56.5 Å². The Morgan fingerprint density at radius 2 is 1.84 bits per heavy atom. The van der Waals surface area contributed by atoms with Crippen LogP contribution < -0.4 is 10.2 Å². The van der Waals surface area contributed by atoms with Gasteiger partial charge in [-0.05, 0) is 48.9 Å². The van der Waals surface area contributed by atoms with E-state index < -0.39 is 0 Å². The number of aromatic hydroxyl groups is 1. The molecule has 1 amide bonds. The van der Waals surface area contributed by atoms with E-state index in [1.165, 1.54) is 25.3 Å². The number of fused-ring (bicyclic) bond motifs is 1. The molecule has 0 bridgehead atoms. The highest BCUT2D eigenvalue weighted by molar-refractivity contribution is 5.97. The highest BCUT2D eigenvalue weighted by Gasteiger charge is 2.24. The molecule has 3 atom stereocenters. The third-order valence-corrected chi connectivity index (χ3v) is 6.66. The summed E-state index contributed by atoms with van der Waals surface area (Å²) in [6.07, 6.45) is 6.22. The van der Waals surface area contributed by atoms with Crippen LogP contribution in [0.2, 0.25) is 0 Å².